The van der Waals surface area contributed by atoms with Gasteiger partial charge in [-0.2, -0.15) is 0 Å². The lowest BCUT2D eigenvalue weighted by Gasteiger charge is -2.17. The zero-order valence-electron chi connectivity index (χ0n) is 11.0. The van der Waals surface area contributed by atoms with E-state index in [9.17, 15) is 19.7 Å². The number of benzene rings is 1. The van der Waals surface area contributed by atoms with Gasteiger partial charge < -0.3 is 10.4 Å². The lowest BCUT2D eigenvalue weighted by Crippen LogP contribution is -2.29. The minimum Gasteiger partial charge on any atom is -0.480 e. The van der Waals surface area contributed by atoms with Gasteiger partial charge in [-0.05, 0) is 19.9 Å². The maximum absolute atomic E-state index is 11.7. The van der Waals surface area contributed by atoms with Crippen molar-refractivity contribution in [2.75, 3.05) is 11.1 Å². The molecule has 0 aromatic heterocycles. The molecule has 1 amide bonds. The lowest BCUT2D eigenvalue weighted by molar-refractivity contribution is -0.383. The maximum Gasteiger partial charge on any atom is 0.319 e. The summed E-state index contributed by atoms with van der Waals surface area (Å²) in [7, 11) is 0. The Bertz CT molecular complexity index is 544. The molecule has 0 saturated heterocycles. The van der Waals surface area contributed by atoms with Crippen molar-refractivity contribution in [1.29, 1.82) is 0 Å². The topological polar surface area (TPSA) is 110 Å². The summed E-state index contributed by atoms with van der Waals surface area (Å²) in [4.78, 5) is 32.8. The van der Waals surface area contributed by atoms with E-state index >= 15 is 0 Å². The Hall–Kier alpha value is -2.09. The zero-order valence-corrected chi connectivity index (χ0v) is 11.8. The molecule has 0 radical (unpaired) electrons. The predicted octanol–water partition coefficient (Wildman–Crippen LogP) is 2.13. The summed E-state index contributed by atoms with van der Waals surface area (Å²) >= 11 is 0.947. The first-order chi connectivity index (χ1) is 9.24. The number of carboxylic acids is 1. The van der Waals surface area contributed by atoms with E-state index < -0.39 is 21.5 Å². The Kier molecular flexibility index (Phi) is 5.09. The number of nitrogens with zero attached hydrogens (tertiary/aromatic N) is 1. The number of para-hydroxylation sites is 2. The molecule has 0 bridgehead atoms. The highest BCUT2D eigenvalue weighted by Gasteiger charge is 2.28. The summed E-state index contributed by atoms with van der Waals surface area (Å²) in [5.74, 6) is -1.62. The molecule has 0 aliphatic carbocycles. The van der Waals surface area contributed by atoms with E-state index in [0.717, 1.165) is 11.8 Å². The summed E-state index contributed by atoms with van der Waals surface area (Å²) in [6, 6.07) is 5.76. The van der Waals surface area contributed by atoms with E-state index in [1.54, 1.807) is 6.07 Å². The van der Waals surface area contributed by atoms with Crippen molar-refractivity contribution < 1.29 is 19.6 Å². The number of hydrogen-bond acceptors (Lipinski definition) is 5. The Morgan fingerprint density at radius 1 is 1.40 bits per heavy atom. The Labute approximate surface area is 119 Å². The molecule has 0 atom stereocenters. The number of aliphatic carboxylic acids is 1. The molecule has 0 heterocycles. The number of carboxylic acid groups (broad SMARTS) is 1. The molecule has 0 aliphatic rings. The minimum atomic E-state index is -1.10. The summed E-state index contributed by atoms with van der Waals surface area (Å²) < 4.78 is -1.10. The standard InChI is InChI=1S/C12H14N2O5S/c1-12(2,11(16)17)20-7-10(15)13-8-5-3-4-6-9(8)14(18)19/h3-6H,7H2,1-2H3,(H,13,15)(H,16,17). The molecule has 1 aromatic rings. The molecule has 8 heteroatoms. The monoisotopic (exact) mass is 298 g/mol. The third-order valence-electron chi connectivity index (χ3n) is 2.45. The summed E-state index contributed by atoms with van der Waals surface area (Å²) in [6.45, 7) is 2.97. The smallest absolute Gasteiger partial charge is 0.319 e. The van der Waals surface area contributed by atoms with Gasteiger partial charge in [-0.1, -0.05) is 12.1 Å². The van der Waals surface area contributed by atoms with E-state index in [1.807, 2.05) is 0 Å². The molecule has 0 unspecified atom stereocenters. The highest BCUT2D eigenvalue weighted by Crippen LogP contribution is 2.26. The number of carbonyl (C=O) groups excluding carboxylic acids is 1. The molecule has 0 fully saturated rings. The molecule has 108 valence electrons. The van der Waals surface area contributed by atoms with Crippen LogP contribution in [-0.4, -0.2) is 32.4 Å². The molecule has 7 nitrogen and oxygen atoms in total. The molecule has 1 aromatic carbocycles. The predicted molar refractivity (Wildman–Crippen MR) is 75.9 cm³/mol. The fourth-order valence-electron chi connectivity index (χ4n) is 1.23. The van der Waals surface area contributed by atoms with Crippen LogP contribution in [0, 0.1) is 10.1 Å². The number of anilines is 1. The second-order valence-electron chi connectivity index (χ2n) is 4.43. The van der Waals surface area contributed by atoms with Gasteiger partial charge in [0.2, 0.25) is 5.91 Å². The summed E-state index contributed by atoms with van der Waals surface area (Å²) in [5.41, 5.74) is -0.112. The van der Waals surface area contributed by atoms with Gasteiger partial charge in [0.25, 0.3) is 5.69 Å². The van der Waals surface area contributed by atoms with Crippen molar-refractivity contribution in [2.45, 2.75) is 18.6 Å². The van der Waals surface area contributed by atoms with E-state index in [4.69, 9.17) is 5.11 Å². The van der Waals surface area contributed by atoms with Gasteiger partial charge in [0.15, 0.2) is 0 Å². The number of nitro benzene ring substituents is 1. The van der Waals surface area contributed by atoms with E-state index in [2.05, 4.69) is 5.32 Å². The molecule has 0 spiro atoms. The van der Waals surface area contributed by atoms with Crippen molar-refractivity contribution in [2.24, 2.45) is 0 Å². The van der Waals surface area contributed by atoms with Crippen LogP contribution in [0.5, 0.6) is 0 Å². The van der Waals surface area contributed by atoms with Gasteiger partial charge in [0, 0.05) is 6.07 Å². The highest BCUT2D eigenvalue weighted by atomic mass is 32.2. The maximum atomic E-state index is 11.7. The van der Waals surface area contributed by atoms with Crippen LogP contribution in [0.4, 0.5) is 11.4 Å². The van der Waals surface area contributed by atoms with Gasteiger partial charge in [-0.15, -0.1) is 11.8 Å². The van der Waals surface area contributed by atoms with Crippen molar-refractivity contribution in [3.63, 3.8) is 0 Å². The number of amides is 1. The fourth-order valence-corrected chi connectivity index (χ4v) is 1.92. The van der Waals surface area contributed by atoms with Crippen LogP contribution in [-0.2, 0) is 9.59 Å². The molecule has 20 heavy (non-hydrogen) atoms. The second-order valence-corrected chi connectivity index (χ2v) is 6.02. The van der Waals surface area contributed by atoms with Crippen molar-refractivity contribution >= 4 is 35.0 Å². The third kappa shape index (κ3) is 4.23. The number of rotatable bonds is 6. The first-order valence-corrected chi connectivity index (χ1v) is 6.63. The van der Waals surface area contributed by atoms with Crippen LogP contribution in [0.15, 0.2) is 24.3 Å². The summed E-state index contributed by atoms with van der Waals surface area (Å²) in [5, 5.41) is 22.1. The Morgan fingerprint density at radius 3 is 2.55 bits per heavy atom. The van der Waals surface area contributed by atoms with E-state index in [0.29, 0.717) is 0 Å². The van der Waals surface area contributed by atoms with Crippen molar-refractivity contribution in [3.8, 4) is 0 Å². The normalized spacial score (nSPS) is 10.9. The molecule has 1 rings (SSSR count). The van der Waals surface area contributed by atoms with Gasteiger partial charge >= 0.3 is 5.97 Å². The van der Waals surface area contributed by atoms with Gasteiger partial charge in [0.1, 0.15) is 10.4 Å². The van der Waals surface area contributed by atoms with Gasteiger partial charge in [-0.25, -0.2) is 0 Å². The first kappa shape index (κ1) is 16.0. The molecule has 2 N–H and O–H groups in total. The number of nitrogens with one attached hydrogen (secondary N) is 1. The SMILES string of the molecule is CC(C)(SCC(=O)Nc1ccccc1[N+](=O)[O-])C(=O)O. The molecule has 0 aliphatic heterocycles. The third-order valence-corrected chi connectivity index (χ3v) is 3.76. The van der Waals surface area contributed by atoms with Gasteiger partial charge in [-0.3, -0.25) is 19.7 Å². The molecular weight excluding hydrogens is 284 g/mol. The van der Waals surface area contributed by atoms with Crippen LogP contribution in [0.3, 0.4) is 0 Å². The molecular formula is C12H14N2O5S. The van der Waals surface area contributed by atoms with Crippen LogP contribution in [0.1, 0.15) is 13.8 Å². The average molecular weight is 298 g/mol. The van der Waals surface area contributed by atoms with Crippen LogP contribution >= 0.6 is 11.8 Å². The lowest BCUT2D eigenvalue weighted by atomic mass is 10.2. The zero-order chi connectivity index (χ0) is 15.3. The van der Waals surface area contributed by atoms with E-state index in [-0.39, 0.29) is 17.1 Å². The number of hydrogen-bond donors (Lipinski definition) is 2. The second kappa shape index (κ2) is 6.38. The number of nitro groups is 1. The first-order valence-electron chi connectivity index (χ1n) is 5.64. The van der Waals surface area contributed by atoms with E-state index in [1.165, 1.54) is 32.0 Å². The quantitative estimate of drug-likeness (QED) is 0.615. The molecule has 0 saturated carbocycles. The number of thioether (sulfide) groups is 1. The van der Waals surface area contributed by atoms with Crippen LogP contribution in [0.25, 0.3) is 0 Å². The van der Waals surface area contributed by atoms with Crippen LogP contribution in [0.2, 0.25) is 0 Å². The highest BCUT2D eigenvalue weighted by molar-refractivity contribution is 8.02. The van der Waals surface area contributed by atoms with Crippen molar-refractivity contribution in [1.82, 2.24) is 0 Å². The minimum absolute atomic E-state index is 0.0937. The fraction of sp³-hybridized carbons (Fsp3) is 0.333. The largest absolute Gasteiger partial charge is 0.480 e. The van der Waals surface area contributed by atoms with Crippen molar-refractivity contribution in [3.05, 3.63) is 34.4 Å². The summed E-state index contributed by atoms with van der Waals surface area (Å²) in [6.07, 6.45) is 0. The number of carbonyl (C=O) groups is 2. The average Bonchev–Trinajstić information content (AvgIpc) is 2.36. The van der Waals surface area contributed by atoms with Crippen LogP contribution < -0.4 is 5.32 Å². The Morgan fingerprint density at radius 2 is 2.00 bits per heavy atom. The van der Waals surface area contributed by atoms with Gasteiger partial charge in [0.05, 0.1) is 10.7 Å². The Balaban J connectivity index is 2.69.